The molecule has 2 amide bonds. The van der Waals surface area contributed by atoms with E-state index in [4.69, 9.17) is 0 Å². The number of rotatable bonds is 6. The first kappa shape index (κ1) is 15.8. The highest BCUT2D eigenvalue weighted by molar-refractivity contribution is 5.99. The van der Waals surface area contributed by atoms with Gasteiger partial charge in [-0.15, -0.1) is 0 Å². The minimum absolute atomic E-state index is 0.00121. The number of hydrogen-bond acceptors (Lipinski definition) is 4. The maximum Gasteiger partial charge on any atom is 0.257 e. The first-order valence-corrected chi connectivity index (χ1v) is 8.49. The Labute approximate surface area is 136 Å². The standard InChI is InChI=1S/C17H24N4O2/c22-15(19-11-13-6-7-13)12-20-16-14(5-4-8-18-16)17(23)21-9-2-1-3-10-21/h4-5,8,13H,1-3,6-7,9-12H2,(H,18,20)(H,19,22). The van der Waals surface area contributed by atoms with Gasteiger partial charge in [-0.2, -0.15) is 0 Å². The van der Waals surface area contributed by atoms with E-state index in [1.165, 1.54) is 19.3 Å². The van der Waals surface area contributed by atoms with Gasteiger partial charge in [0, 0.05) is 25.8 Å². The van der Waals surface area contributed by atoms with Gasteiger partial charge in [-0.25, -0.2) is 4.98 Å². The van der Waals surface area contributed by atoms with Crippen LogP contribution in [0, 0.1) is 5.92 Å². The number of aromatic nitrogens is 1. The van der Waals surface area contributed by atoms with Gasteiger partial charge in [0.25, 0.3) is 5.91 Å². The second-order valence-electron chi connectivity index (χ2n) is 6.35. The van der Waals surface area contributed by atoms with Crippen molar-refractivity contribution in [3.05, 3.63) is 23.9 Å². The summed E-state index contributed by atoms with van der Waals surface area (Å²) in [4.78, 5) is 30.6. The lowest BCUT2D eigenvalue weighted by atomic mass is 10.1. The lowest BCUT2D eigenvalue weighted by Crippen LogP contribution is -2.36. The van der Waals surface area contributed by atoms with Gasteiger partial charge in [0.2, 0.25) is 5.91 Å². The highest BCUT2D eigenvalue weighted by atomic mass is 16.2. The fraction of sp³-hybridized carbons (Fsp3) is 0.588. The predicted molar refractivity (Wildman–Crippen MR) is 88.2 cm³/mol. The van der Waals surface area contributed by atoms with Crippen molar-refractivity contribution in [3.8, 4) is 0 Å². The van der Waals surface area contributed by atoms with Crippen LogP contribution in [0.4, 0.5) is 5.82 Å². The topological polar surface area (TPSA) is 74.3 Å². The molecule has 124 valence electrons. The van der Waals surface area contributed by atoms with Gasteiger partial charge in [0.15, 0.2) is 0 Å². The molecule has 2 aliphatic rings. The van der Waals surface area contributed by atoms with Crippen LogP contribution in [0.2, 0.25) is 0 Å². The second kappa shape index (κ2) is 7.44. The molecular formula is C17H24N4O2. The van der Waals surface area contributed by atoms with E-state index < -0.39 is 0 Å². The summed E-state index contributed by atoms with van der Waals surface area (Å²) in [5.41, 5.74) is 0.546. The van der Waals surface area contributed by atoms with Crippen molar-refractivity contribution in [2.24, 2.45) is 5.92 Å². The Hall–Kier alpha value is -2.11. The Morgan fingerprint density at radius 3 is 2.74 bits per heavy atom. The van der Waals surface area contributed by atoms with Crippen molar-refractivity contribution in [2.45, 2.75) is 32.1 Å². The maximum atomic E-state index is 12.6. The van der Waals surface area contributed by atoms with Crippen molar-refractivity contribution in [2.75, 3.05) is 31.5 Å². The van der Waals surface area contributed by atoms with Crippen molar-refractivity contribution < 1.29 is 9.59 Å². The van der Waals surface area contributed by atoms with E-state index >= 15 is 0 Å². The summed E-state index contributed by atoms with van der Waals surface area (Å²) >= 11 is 0. The average Bonchev–Trinajstić information content (AvgIpc) is 3.43. The summed E-state index contributed by atoms with van der Waals surface area (Å²) < 4.78 is 0. The third-order valence-electron chi connectivity index (χ3n) is 4.38. The third-order valence-corrected chi connectivity index (χ3v) is 4.38. The molecule has 0 atom stereocenters. The zero-order valence-corrected chi connectivity index (χ0v) is 13.4. The highest BCUT2D eigenvalue weighted by Crippen LogP contribution is 2.27. The van der Waals surface area contributed by atoms with E-state index in [0.717, 1.165) is 32.5 Å². The monoisotopic (exact) mass is 316 g/mol. The number of likely N-dealkylation sites (tertiary alicyclic amines) is 1. The number of piperidine rings is 1. The Bertz CT molecular complexity index is 565. The van der Waals surface area contributed by atoms with E-state index in [0.29, 0.717) is 17.3 Å². The van der Waals surface area contributed by atoms with Crippen LogP contribution in [0.15, 0.2) is 18.3 Å². The molecule has 23 heavy (non-hydrogen) atoms. The average molecular weight is 316 g/mol. The molecule has 1 saturated heterocycles. The molecule has 1 aliphatic carbocycles. The maximum absolute atomic E-state index is 12.6. The van der Waals surface area contributed by atoms with E-state index in [1.807, 2.05) is 4.90 Å². The molecule has 6 heteroatoms. The highest BCUT2D eigenvalue weighted by Gasteiger charge is 2.23. The molecule has 0 bridgehead atoms. The number of nitrogens with zero attached hydrogens (tertiary/aromatic N) is 2. The summed E-state index contributed by atoms with van der Waals surface area (Å²) in [5.74, 6) is 1.09. The van der Waals surface area contributed by atoms with Crippen molar-refractivity contribution in [1.29, 1.82) is 0 Å². The van der Waals surface area contributed by atoms with Crippen LogP contribution in [-0.4, -0.2) is 47.9 Å². The summed E-state index contributed by atoms with van der Waals surface area (Å²) in [6.45, 7) is 2.50. The first-order chi connectivity index (χ1) is 11.2. The molecule has 2 heterocycles. The molecule has 1 aromatic heterocycles. The number of carbonyl (C=O) groups is 2. The number of hydrogen-bond donors (Lipinski definition) is 2. The summed E-state index contributed by atoms with van der Waals surface area (Å²) in [5, 5.41) is 5.91. The van der Waals surface area contributed by atoms with Gasteiger partial charge < -0.3 is 15.5 Å². The zero-order chi connectivity index (χ0) is 16.1. The molecule has 0 spiro atoms. The number of nitrogens with one attached hydrogen (secondary N) is 2. The summed E-state index contributed by atoms with van der Waals surface area (Å²) in [6.07, 6.45) is 7.35. The van der Waals surface area contributed by atoms with Crippen molar-refractivity contribution >= 4 is 17.6 Å². The molecular weight excluding hydrogens is 292 g/mol. The zero-order valence-electron chi connectivity index (χ0n) is 13.4. The Kier molecular flexibility index (Phi) is 5.10. The number of amides is 2. The smallest absolute Gasteiger partial charge is 0.257 e. The van der Waals surface area contributed by atoms with Gasteiger partial charge >= 0.3 is 0 Å². The molecule has 1 aromatic rings. The van der Waals surface area contributed by atoms with Gasteiger partial charge in [0.1, 0.15) is 5.82 Å². The number of anilines is 1. The van der Waals surface area contributed by atoms with E-state index in [-0.39, 0.29) is 18.4 Å². The van der Waals surface area contributed by atoms with Crippen LogP contribution in [0.25, 0.3) is 0 Å². The lowest BCUT2D eigenvalue weighted by molar-refractivity contribution is -0.119. The predicted octanol–water partition coefficient (Wildman–Crippen LogP) is 1.65. The van der Waals surface area contributed by atoms with Crippen molar-refractivity contribution in [3.63, 3.8) is 0 Å². The second-order valence-corrected chi connectivity index (χ2v) is 6.35. The number of carbonyl (C=O) groups excluding carboxylic acids is 2. The molecule has 0 aromatic carbocycles. The SMILES string of the molecule is O=C(CNc1ncccc1C(=O)N1CCCCC1)NCC1CC1. The molecule has 3 rings (SSSR count). The van der Waals surface area contributed by atoms with Crippen LogP contribution in [-0.2, 0) is 4.79 Å². The molecule has 1 aliphatic heterocycles. The Morgan fingerprint density at radius 2 is 2.00 bits per heavy atom. The van der Waals surface area contributed by atoms with Crippen LogP contribution < -0.4 is 10.6 Å². The minimum Gasteiger partial charge on any atom is -0.360 e. The van der Waals surface area contributed by atoms with Crippen LogP contribution in [0.5, 0.6) is 0 Å². The molecule has 2 N–H and O–H groups in total. The van der Waals surface area contributed by atoms with E-state index in [9.17, 15) is 9.59 Å². The van der Waals surface area contributed by atoms with Crippen molar-refractivity contribution in [1.82, 2.24) is 15.2 Å². The van der Waals surface area contributed by atoms with Crippen LogP contribution in [0.1, 0.15) is 42.5 Å². The summed E-state index contributed by atoms with van der Waals surface area (Å²) in [7, 11) is 0. The first-order valence-electron chi connectivity index (χ1n) is 8.49. The van der Waals surface area contributed by atoms with Gasteiger partial charge in [-0.05, 0) is 50.2 Å². The number of pyridine rings is 1. The minimum atomic E-state index is -0.0566. The molecule has 0 radical (unpaired) electrons. The third kappa shape index (κ3) is 4.43. The fourth-order valence-corrected chi connectivity index (χ4v) is 2.79. The quantitative estimate of drug-likeness (QED) is 0.837. The fourth-order valence-electron chi connectivity index (χ4n) is 2.79. The molecule has 6 nitrogen and oxygen atoms in total. The Balaban J connectivity index is 1.58. The summed E-state index contributed by atoms with van der Waals surface area (Å²) in [6, 6.07) is 3.53. The lowest BCUT2D eigenvalue weighted by Gasteiger charge is -2.27. The molecule has 0 unspecified atom stereocenters. The van der Waals surface area contributed by atoms with Gasteiger partial charge in [-0.3, -0.25) is 9.59 Å². The Morgan fingerprint density at radius 1 is 1.22 bits per heavy atom. The van der Waals surface area contributed by atoms with E-state index in [2.05, 4.69) is 15.6 Å². The largest absolute Gasteiger partial charge is 0.360 e. The van der Waals surface area contributed by atoms with Crippen LogP contribution >= 0.6 is 0 Å². The van der Waals surface area contributed by atoms with Gasteiger partial charge in [-0.1, -0.05) is 0 Å². The normalized spacial score (nSPS) is 17.7. The molecule has 2 fully saturated rings. The van der Waals surface area contributed by atoms with E-state index in [1.54, 1.807) is 18.3 Å². The molecule has 1 saturated carbocycles. The van der Waals surface area contributed by atoms with Crippen LogP contribution in [0.3, 0.4) is 0 Å². The van der Waals surface area contributed by atoms with Gasteiger partial charge in [0.05, 0.1) is 12.1 Å².